The van der Waals surface area contributed by atoms with Crippen LogP contribution in [0.1, 0.15) is 22.8 Å². The van der Waals surface area contributed by atoms with Crippen LogP contribution in [0.2, 0.25) is 0 Å². The van der Waals surface area contributed by atoms with Crippen molar-refractivity contribution in [2.75, 3.05) is 0 Å². The van der Waals surface area contributed by atoms with Crippen LogP contribution in [0.15, 0.2) is 48.8 Å². The minimum atomic E-state index is -2.95. The van der Waals surface area contributed by atoms with Gasteiger partial charge in [-0.05, 0) is 13.0 Å². The third kappa shape index (κ3) is 2.64. The van der Waals surface area contributed by atoms with Gasteiger partial charge >= 0.3 is 0 Å². The van der Waals surface area contributed by atoms with Crippen molar-refractivity contribution < 1.29 is 13.6 Å². The number of carbonyl (C=O) groups is 1. The van der Waals surface area contributed by atoms with E-state index in [0.29, 0.717) is 5.56 Å². The first-order valence-electron chi connectivity index (χ1n) is 5.59. The highest BCUT2D eigenvalue weighted by molar-refractivity contribution is 5.93. The third-order valence-corrected chi connectivity index (χ3v) is 2.73. The lowest BCUT2D eigenvalue weighted by Crippen LogP contribution is -2.20. The Hall–Kier alpha value is -1.97. The molecule has 2 aromatic rings. The minimum Gasteiger partial charge on any atom is -0.347 e. The summed E-state index contributed by atoms with van der Waals surface area (Å²) in [7, 11) is 0. The molecule has 4 heteroatoms. The first-order valence-corrected chi connectivity index (χ1v) is 5.59. The van der Waals surface area contributed by atoms with Gasteiger partial charge in [-0.1, -0.05) is 30.3 Å². The summed E-state index contributed by atoms with van der Waals surface area (Å²) in [5.74, 6) is -3.08. The van der Waals surface area contributed by atoms with Gasteiger partial charge in [0.2, 0.25) is 0 Å². The molecule has 0 saturated heterocycles. The molecule has 94 valence electrons. The van der Waals surface area contributed by atoms with E-state index in [1.54, 1.807) is 24.3 Å². The number of hydrogen-bond acceptors (Lipinski definition) is 1. The zero-order valence-electron chi connectivity index (χ0n) is 9.94. The molecular weight excluding hydrogens is 236 g/mol. The number of carbonyl (C=O) groups excluding carboxylic acids is 1. The Morgan fingerprint density at radius 3 is 2.44 bits per heavy atom. The van der Waals surface area contributed by atoms with Crippen LogP contribution in [0.25, 0.3) is 0 Å². The van der Waals surface area contributed by atoms with Gasteiger partial charge in [0.05, 0.1) is 6.54 Å². The van der Waals surface area contributed by atoms with Crippen LogP contribution in [-0.2, 0) is 12.5 Å². The van der Waals surface area contributed by atoms with Crippen molar-refractivity contribution in [2.45, 2.75) is 19.4 Å². The highest BCUT2D eigenvalue weighted by Gasteiger charge is 2.31. The summed E-state index contributed by atoms with van der Waals surface area (Å²) >= 11 is 0. The zero-order chi connectivity index (χ0) is 13.2. The summed E-state index contributed by atoms with van der Waals surface area (Å²) in [6.45, 7) is 0.944. The molecule has 0 spiro atoms. The predicted molar refractivity (Wildman–Crippen MR) is 64.8 cm³/mol. The Morgan fingerprint density at radius 1 is 1.22 bits per heavy atom. The number of rotatable bonds is 4. The molecule has 18 heavy (non-hydrogen) atoms. The monoisotopic (exact) mass is 249 g/mol. The van der Waals surface area contributed by atoms with Crippen LogP contribution in [0, 0.1) is 0 Å². The summed E-state index contributed by atoms with van der Waals surface area (Å²) in [6.07, 6.45) is 2.94. The van der Waals surface area contributed by atoms with E-state index in [-0.39, 0.29) is 11.3 Å². The largest absolute Gasteiger partial charge is 0.347 e. The van der Waals surface area contributed by atoms with E-state index < -0.39 is 12.5 Å². The summed E-state index contributed by atoms with van der Waals surface area (Å²) in [5, 5.41) is 0. The number of Topliss-reactive ketones (excluding diaryl/α,β-unsaturated/α-hetero) is 1. The highest BCUT2D eigenvalue weighted by Crippen LogP contribution is 2.29. The Balaban J connectivity index is 2.19. The summed E-state index contributed by atoms with van der Waals surface area (Å²) in [4.78, 5) is 11.1. The molecule has 0 unspecified atom stereocenters. The standard InChI is InChI=1S/C14H13F2NO/c1-11(18)12-7-8-17(9-12)10-14(15,16)13-5-3-2-4-6-13/h2-9H,10H2,1H3. The second kappa shape index (κ2) is 4.72. The number of aromatic nitrogens is 1. The maximum absolute atomic E-state index is 13.9. The fraction of sp³-hybridized carbons (Fsp3) is 0.214. The van der Waals surface area contributed by atoms with E-state index in [2.05, 4.69) is 0 Å². The minimum absolute atomic E-state index is 0.0249. The van der Waals surface area contributed by atoms with Crippen molar-refractivity contribution in [3.8, 4) is 0 Å². The van der Waals surface area contributed by atoms with Gasteiger partial charge in [0.25, 0.3) is 5.92 Å². The zero-order valence-corrected chi connectivity index (χ0v) is 9.94. The molecule has 0 fully saturated rings. The molecule has 0 N–H and O–H groups in total. The molecule has 0 atom stereocenters. The molecule has 1 aromatic carbocycles. The first-order chi connectivity index (χ1) is 8.49. The molecule has 2 nitrogen and oxygen atoms in total. The number of nitrogens with zero attached hydrogens (tertiary/aromatic N) is 1. The Morgan fingerprint density at radius 2 is 1.89 bits per heavy atom. The number of ketones is 1. The maximum atomic E-state index is 13.9. The summed E-state index contributed by atoms with van der Waals surface area (Å²) in [5.41, 5.74) is 0.418. The van der Waals surface area contributed by atoms with E-state index in [1.807, 2.05) is 0 Å². The lowest BCUT2D eigenvalue weighted by molar-refractivity contribution is -0.0221. The maximum Gasteiger partial charge on any atom is 0.290 e. The molecule has 2 rings (SSSR count). The van der Waals surface area contributed by atoms with Crippen molar-refractivity contribution in [1.82, 2.24) is 4.57 Å². The second-order valence-electron chi connectivity index (χ2n) is 4.20. The molecule has 1 aromatic heterocycles. The van der Waals surface area contributed by atoms with E-state index in [9.17, 15) is 13.6 Å². The van der Waals surface area contributed by atoms with Crippen molar-refractivity contribution >= 4 is 5.78 Å². The average Bonchev–Trinajstić information content (AvgIpc) is 2.78. The second-order valence-corrected chi connectivity index (χ2v) is 4.20. The Bertz CT molecular complexity index is 546. The predicted octanol–water partition coefficient (Wildman–Crippen LogP) is 3.48. The number of alkyl halides is 2. The van der Waals surface area contributed by atoms with Gasteiger partial charge in [-0.2, -0.15) is 8.78 Å². The van der Waals surface area contributed by atoms with Crippen molar-refractivity contribution in [3.05, 3.63) is 59.9 Å². The van der Waals surface area contributed by atoms with Crippen LogP contribution in [0.3, 0.4) is 0 Å². The quantitative estimate of drug-likeness (QED) is 0.760. The molecule has 0 aliphatic carbocycles. The Labute approximate surface area is 104 Å². The van der Waals surface area contributed by atoms with Crippen LogP contribution in [0.5, 0.6) is 0 Å². The average molecular weight is 249 g/mol. The summed E-state index contributed by atoms with van der Waals surface area (Å²) < 4.78 is 29.2. The van der Waals surface area contributed by atoms with Crippen LogP contribution in [0.4, 0.5) is 8.78 Å². The topological polar surface area (TPSA) is 22.0 Å². The molecule has 1 heterocycles. The number of halogens is 2. The molecule has 0 saturated carbocycles. The van der Waals surface area contributed by atoms with Gasteiger partial charge in [0.15, 0.2) is 5.78 Å². The smallest absolute Gasteiger partial charge is 0.290 e. The van der Waals surface area contributed by atoms with Crippen LogP contribution in [-0.4, -0.2) is 10.4 Å². The van der Waals surface area contributed by atoms with Gasteiger partial charge in [-0.3, -0.25) is 4.79 Å². The number of benzene rings is 1. The number of hydrogen-bond donors (Lipinski definition) is 0. The molecule has 0 aliphatic rings. The lowest BCUT2D eigenvalue weighted by Gasteiger charge is -2.17. The Kier molecular flexibility index (Phi) is 3.28. The summed E-state index contributed by atoms with van der Waals surface area (Å²) in [6, 6.07) is 9.21. The van der Waals surface area contributed by atoms with Gasteiger partial charge in [-0.15, -0.1) is 0 Å². The fourth-order valence-electron chi connectivity index (χ4n) is 1.75. The van der Waals surface area contributed by atoms with Crippen LogP contribution < -0.4 is 0 Å². The lowest BCUT2D eigenvalue weighted by atomic mass is 10.1. The van der Waals surface area contributed by atoms with Crippen molar-refractivity contribution in [3.63, 3.8) is 0 Å². The SMILES string of the molecule is CC(=O)c1ccn(CC(F)(F)c2ccccc2)c1. The third-order valence-electron chi connectivity index (χ3n) is 2.73. The van der Waals surface area contributed by atoms with E-state index in [0.717, 1.165) is 0 Å². The van der Waals surface area contributed by atoms with Crippen molar-refractivity contribution in [2.24, 2.45) is 0 Å². The normalized spacial score (nSPS) is 11.5. The fourth-order valence-corrected chi connectivity index (χ4v) is 1.75. The van der Waals surface area contributed by atoms with Gasteiger partial charge < -0.3 is 4.57 Å². The van der Waals surface area contributed by atoms with Gasteiger partial charge in [0.1, 0.15) is 0 Å². The van der Waals surface area contributed by atoms with E-state index >= 15 is 0 Å². The van der Waals surface area contributed by atoms with Gasteiger partial charge in [0, 0.05) is 23.5 Å². The molecule has 0 radical (unpaired) electrons. The van der Waals surface area contributed by atoms with E-state index in [4.69, 9.17) is 0 Å². The first kappa shape index (κ1) is 12.5. The highest BCUT2D eigenvalue weighted by atomic mass is 19.3. The molecule has 0 amide bonds. The molecular formula is C14H13F2NO. The van der Waals surface area contributed by atoms with E-state index in [1.165, 1.54) is 36.0 Å². The van der Waals surface area contributed by atoms with Crippen LogP contribution >= 0.6 is 0 Å². The van der Waals surface area contributed by atoms with Crippen molar-refractivity contribution in [1.29, 1.82) is 0 Å². The molecule has 0 aliphatic heterocycles. The molecule has 0 bridgehead atoms. The van der Waals surface area contributed by atoms with Gasteiger partial charge in [-0.25, -0.2) is 0 Å².